The largest absolute Gasteiger partial charge is 0.465 e. The molecule has 9 nitrogen and oxygen atoms in total. The molecule has 1 aliphatic heterocycles. The normalized spacial score (nSPS) is 14.5. The van der Waals surface area contributed by atoms with Crippen molar-refractivity contribution in [2.75, 3.05) is 33.3 Å². The maximum absolute atomic E-state index is 13.6. The molecule has 0 aliphatic carbocycles. The molecule has 3 aromatic carbocycles. The molecule has 45 heavy (non-hydrogen) atoms. The van der Waals surface area contributed by atoms with Gasteiger partial charge in [0.2, 0.25) is 0 Å². The molecule has 0 radical (unpaired) electrons. The number of pyridine rings is 1. The number of hydrogen-bond donors (Lipinski definition) is 1. The first kappa shape index (κ1) is 31.5. The lowest BCUT2D eigenvalue weighted by molar-refractivity contribution is -0.384. The minimum atomic E-state index is -0.630. The summed E-state index contributed by atoms with van der Waals surface area (Å²) in [7, 11) is 1.27. The quantitative estimate of drug-likeness (QED) is 0.0980. The Labute approximate surface area is 263 Å². The van der Waals surface area contributed by atoms with Gasteiger partial charge in [-0.2, -0.15) is 0 Å². The van der Waals surface area contributed by atoms with E-state index in [-0.39, 0.29) is 28.1 Å². The van der Waals surface area contributed by atoms with E-state index in [0.717, 1.165) is 38.9 Å². The Morgan fingerprint density at radius 2 is 1.44 bits per heavy atom. The number of methoxy groups -OCH3 is 1. The first-order valence-corrected chi connectivity index (χ1v) is 15.2. The van der Waals surface area contributed by atoms with Crippen molar-refractivity contribution in [3.8, 4) is 11.1 Å². The van der Waals surface area contributed by atoms with Crippen molar-refractivity contribution in [1.29, 1.82) is 0 Å². The molecular weight excluding hydrogens is 568 g/mol. The third-order valence-electron chi connectivity index (χ3n) is 8.84. The van der Waals surface area contributed by atoms with E-state index in [0.29, 0.717) is 29.1 Å². The third-order valence-corrected chi connectivity index (χ3v) is 8.84. The van der Waals surface area contributed by atoms with Crippen molar-refractivity contribution in [2.45, 2.75) is 38.5 Å². The number of carbonyl (C=O) groups is 2. The molecule has 5 rings (SSSR count). The highest BCUT2D eigenvalue weighted by Crippen LogP contribution is 2.41. The summed E-state index contributed by atoms with van der Waals surface area (Å²) in [6.07, 6.45) is 2.78. The second kappa shape index (κ2) is 13.8. The molecule has 2 heterocycles. The van der Waals surface area contributed by atoms with Gasteiger partial charge in [-0.05, 0) is 81.6 Å². The number of non-ortho nitro benzene ring substituents is 1. The Hall–Kier alpha value is -4.89. The fourth-order valence-corrected chi connectivity index (χ4v) is 6.53. The minimum Gasteiger partial charge on any atom is -0.465 e. The van der Waals surface area contributed by atoms with Gasteiger partial charge in [0.05, 0.1) is 34.5 Å². The molecule has 0 bridgehead atoms. The fraction of sp³-hybridized carbons (Fsp3) is 0.306. The van der Waals surface area contributed by atoms with Crippen LogP contribution in [0.4, 0.5) is 5.69 Å². The predicted octanol–water partition coefficient (Wildman–Crippen LogP) is 6.26. The number of nitro benzene ring substituents is 1. The number of rotatable bonds is 10. The van der Waals surface area contributed by atoms with E-state index in [1.807, 2.05) is 0 Å². The molecule has 0 spiro atoms. The lowest BCUT2D eigenvalue weighted by atomic mass is 9.68. The van der Waals surface area contributed by atoms with E-state index in [2.05, 4.69) is 75.9 Å². The number of nitrogens with one attached hydrogen (secondary N) is 1. The number of ether oxygens (including phenoxy) is 1. The molecule has 1 amide bonds. The SMILES string of the molecule is COC(=O)c1c(C)nc(C)c(C(=O)NCCCN2CCC(c3ccccc3)(c3ccccc3)CC2)c1-c1ccc([N+](=O)[O-])cc1. The lowest BCUT2D eigenvalue weighted by Gasteiger charge is -2.43. The number of esters is 1. The Bertz CT molecular complexity index is 1620. The summed E-state index contributed by atoms with van der Waals surface area (Å²) < 4.78 is 5.03. The monoisotopic (exact) mass is 606 g/mol. The van der Waals surface area contributed by atoms with E-state index in [9.17, 15) is 19.7 Å². The highest BCUT2D eigenvalue weighted by atomic mass is 16.6. The molecule has 1 fully saturated rings. The average molecular weight is 607 g/mol. The maximum Gasteiger partial charge on any atom is 0.340 e. The van der Waals surface area contributed by atoms with Crippen LogP contribution in [0.5, 0.6) is 0 Å². The molecule has 1 N–H and O–H groups in total. The van der Waals surface area contributed by atoms with Gasteiger partial charge in [0.15, 0.2) is 0 Å². The van der Waals surface area contributed by atoms with Gasteiger partial charge in [0.25, 0.3) is 11.6 Å². The molecular formula is C36H38N4O5. The lowest BCUT2D eigenvalue weighted by Crippen LogP contribution is -2.44. The maximum atomic E-state index is 13.6. The zero-order chi connectivity index (χ0) is 32.0. The van der Waals surface area contributed by atoms with E-state index in [1.54, 1.807) is 13.8 Å². The van der Waals surface area contributed by atoms with Crippen LogP contribution in [-0.2, 0) is 10.2 Å². The number of nitro groups is 1. The topological polar surface area (TPSA) is 115 Å². The van der Waals surface area contributed by atoms with Crippen LogP contribution in [0.25, 0.3) is 11.1 Å². The van der Waals surface area contributed by atoms with Gasteiger partial charge in [-0.1, -0.05) is 60.7 Å². The van der Waals surface area contributed by atoms with E-state index < -0.39 is 10.9 Å². The minimum absolute atomic E-state index is 0.0190. The Balaban J connectivity index is 1.28. The summed E-state index contributed by atoms with van der Waals surface area (Å²) in [5, 5.41) is 14.3. The Morgan fingerprint density at radius 3 is 1.98 bits per heavy atom. The number of carbonyl (C=O) groups excluding carboxylic acids is 2. The van der Waals surface area contributed by atoms with Crippen molar-refractivity contribution in [2.24, 2.45) is 0 Å². The molecule has 1 saturated heterocycles. The van der Waals surface area contributed by atoms with Gasteiger partial charge in [0.1, 0.15) is 0 Å². The van der Waals surface area contributed by atoms with Crippen LogP contribution in [0.15, 0.2) is 84.9 Å². The van der Waals surface area contributed by atoms with Crippen molar-refractivity contribution in [3.63, 3.8) is 0 Å². The van der Waals surface area contributed by atoms with Crippen LogP contribution in [0, 0.1) is 24.0 Å². The van der Waals surface area contributed by atoms with Crippen LogP contribution in [0.3, 0.4) is 0 Å². The fourth-order valence-electron chi connectivity index (χ4n) is 6.53. The molecule has 232 valence electrons. The van der Waals surface area contributed by atoms with Gasteiger partial charge in [-0.25, -0.2) is 4.79 Å². The number of likely N-dealkylation sites (tertiary alicyclic amines) is 1. The summed E-state index contributed by atoms with van der Waals surface area (Å²) in [6, 6.07) is 27.3. The molecule has 4 aromatic rings. The molecule has 9 heteroatoms. The van der Waals surface area contributed by atoms with E-state index >= 15 is 0 Å². The number of amides is 1. The smallest absolute Gasteiger partial charge is 0.340 e. The third kappa shape index (κ3) is 6.63. The molecule has 1 aliphatic rings. The molecule has 0 saturated carbocycles. The van der Waals surface area contributed by atoms with E-state index in [1.165, 1.54) is 42.5 Å². The average Bonchev–Trinajstić information content (AvgIpc) is 3.07. The van der Waals surface area contributed by atoms with Crippen LogP contribution in [0.1, 0.15) is 62.5 Å². The Morgan fingerprint density at radius 1 is 0.889 bits per heavy atom. The first-order valence-electron chi connectivity index (χ1n) is 15.2. The zero-order valence-electron chi connectivity index (χ0n) is 25.9. The van der Waals surface area contributed by atoms with Crippen molar-refractivity contribution < 1.29 is 19.2 Å². The van der Waals surface area contributed by atoms with Gasteiger partial charge in [-0.15, -0.1) is 0 Å². The highest BCUT2D eigenvalue weighted by Gasteiger charge is 2.37. The van der Waals surface area contributed by atoms with Crippen LogP contribution in [-0.4, -0.2) is 60.0 Å². The van der Waals surface area contributed by atoms with Gasteiger partial charge < -0.3 is 15.0 Å². The summed E-state index contributed by atoms with van der Waals surface area (Å²) in [4.78, 5) is 44.1. The van der Waals surface area contributed by atoms with Gasteiger partial charge >= 0.3 is 5.97 Å². The summed E-state index contributed by atoms with van der Waals surface area (Å²) >= 11 is 0. The van der Waals surface area contributed by atoms with E-state index in [4.69, 9.17) is 4.74 Å². The van der Waals surface area contributed by atoms with Gasteiger partial charge in [0, 0.05) is 29.7 Å². The molecule has 0 unspecified atom stereocenters. The number of hydrogen-bond acceptors (Lipinski definition) is 7. The zero-order valence-corrected chi connectivity index (χ0v) is 25.9. The van der Waals surface area contributed by atoms with Crippen molar-refractivity contribution in [3.05, 3.63) is 129 Å². The Kier molecular flexibility index (Phi) is 9.68. The number of nitrogens with zero attached hydrogens (tertiary/aromatic N) is 3. The van der Waals surface area contributed by atoms with Crippen molar-refractivity contribution >= 4 is 17.6 Å². The van der Waals surface area contributed by atoms with Crippen LogP contribution >= 0.6 is 0 Å². The first-order chi connectivity index (χ1) is 21.7. The van der Waals surface area contributed by atoms with Crippen molar-refractivity contribution in [1.82, 2.24) is 15.2 Å². The molecule has 1 aromatic heterocycles. The number of benzene rings is 3. The summed E-state index contributed by atoms with van der Waals surface area (Å²) in [6.45, 7) is 6.58. The molecule has 0 atom stereocenters. The van der Waals surface area contributed by atoms with Crippen LogP contribution < -0.4 is 5.32 Å². The second-order valence-corrected chi connectivity index (χ2v) is 11.5. The van der Waals surface area contributed by atoms with Crippen LogP contribution in [0.2, 0.25) is 0 Å². The standard InChI is InChI=1S/C36H38N4O5/c1-25-31(33(32(26(2)38-25)35(42)45-3)27-15-17-30(18-16-27)40(43)44)34(41)37-21-10-22-39-23-19-36(20-24-39,28-11-6-4-7-12-28)29-13-8-5-9-14-29/h4-9,11-18H,10,19-24H2,1-3H3,(H,37,41). The number of piperidine rings is 1. The highest BCUT2D eigenvalue weighted by molar-refractivity contribution is 6.08. The number of aryl methyl sites for hydroxylation is 2. The van der Waals surface area contributed by atoms with Gasteiger partial charge in [-0.3, -0.25) is 19.9 Å². The summed E-state index contributed by atoms with van der Waals surface area (Å²) in [5.41, 5.74) is 4.72. The summed E-state index contributed by atoms with van der Waals surface area (Å²) in [5.74, 6) is -0.987. The number of aromatic nitrogens is 1. The second-order valence-electron chi connectivity index (χ2n) is 11.5. The predicted molar refractivity (Wildman–Crippen MR) is 173 cm³/mol.